The molecule has 1 saturated carbocycles. The number of hydrogen-bond acceptors (Lipinski definition) is 4. The second-order valence-electron chi connectivity index (χ2n) is 6.02. The van der Waals surface area contributed by atoms with Crippen molar-refractivity contribution in [3.05, 3.63) is 18.1 Å². The van der Waals surface area contributed by atoms with Gasteiger partial charge < -0.3 is 9.84 Å². The third-order valence-corrected chi connectivity index (χ3v) is 4.14. The van der Waals surface area contributed by atoms with Gasteiger partial charge in [-0.1, -0.05) is 26.7 Å². The molecule has 1 N–H and O–H groups in total. The average Bonchev–Trinajstić information content (AvgIpc) is 2.86. The zero-order valence-electron chi connectivity index (χ0n) is 12.1. The van der Waals surface area contributed by atoms with Crippen molar-refractivity contribution in [1.82, 2.24) is 9.97 Å². The first-order chi connectivity index (χ1) is 9.09. The fourth-order valence-electron chi connectivity index (χ4n) is 3.45. The Morgan fingerprint density at radius 3 is 2.47 bits per heavy atom. The highest BCUT2D eigenvalue weighted by atomic mass is 16.5. The molecular formula is C15H24N2O2. The predicted octanol–water partition coefficient (Wildman–Crippen LogP) is 3.13. The van der Waals surface area contributed by atoms with E-state index in [1.54, 1.807) is 19.5 Å². The summed E-state index contributed by atoms with van der Waals surface area (Å²) in [7, 11) is 1.57. The van der Waals surface area contributed by atoms with Gasteiger partial charge in [-0.25, -0.2) is 4.98 Å². The van der Waals surface area contributed by atoms with Gasteiger partial charge in [0.15, 0.2) is 0 Å². The summed E-state index contributed by atoms with van der Waals surface area (Å²) < 4.78 is 5.24. The predicted molar refractivity (Wildman–Crippen MR) is 73.9 cm³/mol. The Bertz CT molecular complexity index is 414. The van der Waals surface area contributed by atoms with Gasteiger partial charge in [-0.05, 0) is 25.2 Å². The molecule has 2 rings (SSSR count). The number of nitrogens with zero attached hydrogens (tertiary/aromatic N) is 2. The lowest BCUT2D eigenvalue weighted by Crippen LogP contribution is -2.29. The van der Waals surface area contributed by atoms with Crippen molar-refractivity contribution in [2.75, 3.05) is 7.11 Å². The van der Waals surface area contributed by atoms with Crippen LogP contribution in [0.15, 0.2) is 12.4 Å². The van der Waals surface area contributed by atoms with Crippen LogP contribution in [0.4, 0.5) is 0 Å². The van der Waals surface area contributed by atoms with E-state index in [0.717, 1.165) is 19.3 Å². The number of ether oxygens (including phenoxy) is 1. The molecule has 0 radical (unpaired) electrons. The number of rotatable bonds is 5. The fraction of sp³-hybridized carbons (Fsp3) is 0.733. The molecule has 0 saturated heterocycles. The maximum Gasteiger partial charge on any atom is 0.238 e. The summed E-state index contributed by atoms with van der Waals surface area (Å²) in [4.78, 5) is 8.46. The lowest BCUT2D eigenvalue weighted by Gasteiger charge is -2.35. The van der Waals surface area contributed by atoms with Gasteiger partial charge in [-0.15, -0.1) is 0 Å². The molecule has 4 heteroatoms. The van der Waals surface area contributed by atoms with Gasteiger partial charge in [0.05, 0.1) is 7.11 Å². The molecule has 4 nitrogen and oxygen atoms in total. The van der Waals surface area contributed by atoms with Crippen LogP contribution in [0.3, 0.4) is 0 Å². The van der Waals surface area contributed by atoms with Gasteiger partial charge in [-0.2, -0.15) is 0 Å². The largest absolute Gasteiger partial charge is 0.480 e. The summed E-state index contributed by atoms with van der Waals surface area (Å²) in [6.07, 6.45) is 8.16. The summed E-state index contributed by atoms with van der Waals surface area (Å²) in [5.74, 6) is 1.01. The third kappa shape index (κ3) is 2.89. The molecule has 1 unspecified atom stereocenters. The van der Waals surface area contributed by atoms with E-state index in [0.29, 0.717) is 17.5 Å². The van der Waals surface area contributed by atoms with Crippen LogP contribution < -0.4 is 4.74 Å². The molecular weight excluding hydrogens is 240 g/mol. The highest BCUT2D eigenvalue weighted by molar-refractivity contribution is 5.22. The Balaban J connectivity index is 2.31. The van der Waals surface area contributed by atoms with Crippen molar-refractivity contribution in [3.63, 3.8) is 0 Å². The van der Waals surface area contributed by atoms with Crippen LogP contribution in [-0.4, -0.2) is 22.2 Å². The van der Waals surface area contributed by atoms with Gasteiger partial charge in [0.2, 0.25) is 5.88 Å². The highest BCUT2D eigenvalue weighted by Gasteiger charge is 2.43. The van der Waals surface area contributed by atoms with Crippen LogP contribution >= 0.6 is 0 Å². The summed E-state index contributed by atoms with van der Waals surface area (Å²) in [6.45, 7) is 4.42. The molecule has 1 atom stereocenters. The van der Waals surface area contributed by atoms with Crippen molar-refractivity contribution in [2.24, 2.45) is 11.3 Å². The normalized spacial score (nSPS) is 19.6. The summed E-state index contributed by atoms with van der Waals surface area (Å²) in [6, 6.07) is 0. The number of aliphatic hydroxyl groups excluding tert-OH is 1. The van der Waals surface area contributed by atoms with Gasteiger partial charge >= 0.3 is 0 Å². The number of methoxy groups -OCH3 is 1. The lowest BCUT2D eigenvalue weighted by molar-refractivity contribution is 0.00604. The molecule has 0 aromatic carbocycles. The van der Waals surface area contributed by atoms with E-state index in [2.05, 4.69) is 23.8 Å². The van der Waals surface area contributed by atoms with E-state index in [4.69, 9.17) is 4.74 Å². The Morgan fingerprint density at radius 2 is 1.89 bits per heavy atom. The summed E-state index contributed by atoms with van der Waals surface area (Å²) >= 11 is 0. The first-order valence-electron chi connectivity index (χ1n) is 7.12. The molecule has 1 aliphatic rings. The maximum absolute atomic E-state index is 10.8. The zero-order valence-corrected chi connectivity index (χ0v) is 12.1. The van der Waals surface area contributed by atoms with Crippen molar-refractivity contribution < 1.29 is 9.84 Å². The standard InChI is InChI=1S/C15H24N2O2/c1-11(2)10-15(6-4-5-7-15)13(18)12-14(19-3)17-9-8-16-12/h8-9,11,13,18H,4-7,10H2,1-3H3. The van der Waals surface area contributed by atoms with Crippen LogP contribution in [0.1, 0.15) is 57.7 Å². The third-order valence-electron chi connectivity index (χ3n) is 4.14. The van der Waals surface area contributed by atoms with Crippen molar-refractivity contribution in [3.8, 4) is 5.88 Å². The Labute approximate surface area is 115 Å². The monoisotopic (exact) mass is 264 g/mol. The minimum absolute atomic E-state index is 0.0581. The summed E-state index contributed by atoms with van der Waals surface area (Å²) in [5.41, 5.74) is 0.532. The maximum atomic E-state index is 10.8. The molecule has 0 aliphatic heterocycles. The number of aromatic nitrogens is 2. The van der Waals surface area contributed by atoms with Crippen molar-refractivity contribution in [2.45, 2.75) is 52.1 Å². The molecule has 1 aromatic rings. The average molecular weight is 264 g/mol. The Hall–Kier alpha value is -1.16. The Kier molecular flexibility index (Phi) is 4.40. The SMILES string of the molecule is COc1nccnc1C(O)C1(CC(C)C)CCCC1. The first kappa shape index (κ1) is 14.3. The van der Waals surface area contributed by atoms with Gasteiger partial charge in [0.25, 0.3) is 0 Å². The smallest absolute Gasteiger partial charge is 0.238 e. The first-order valence-corrected chi connectivity index (χ1v) is 7.12. The van der Waals surface area contributed by atoms with Crippen LogP contribution in [0, 0.1) is 11.3 Å². The second-order valence-corrected chi connectivity index (χ2v) is 6.02. The number of hydrogen-bond donors (Lipinski definition) is 1. The minimum atomic E-state index is -0.582. The molecule has 0 bridgehead atoms. The van der Waals surface area contributed by atoms with E-state index < -0.39 is 6.10 Å². The molecule has 0 amide bonds. The van der Waals surface area contributed by atoms with Crippen LogP contribution in [0.25, 0.3) is 0 Å². The zero-order chi connectivity index (χ0) is 13.9. The van der Waals surface area contributed by atoms with Crippen LogP contribution in [0.5, 0.6) is 5.88 Å². The molecule has 1 fully saturated rings. The van der Waals surface area contributed by atoms with Crippen molar-refractivity contribution in [1.29, 1.82) is 0 Å². The fourth-order valence-corrected chi connectivity index (χ4v) is 3.45. The van der Waals surface area contributed by atoms with E-state index in [1.807, 2.05) is 0 Å². The van der Waals surface area contributed by atoms with E-state index in [-0.39, 0.29) is 5.41 Å². The molecule has 1 aliphatic carbocycles. The summed E-state index contributed by atoms with van der Waals surface area (Å²) in [5, 5.41) is 10.8. The molecule has 106 valence electrons. The van der Waals surface area contributed by atoms with Crippen LogP contribution in [-0.2, 0) is 0 Å². The van der Waals surface area contributed by atoms with Gasteiger partial charge in [0, 0.05) is 17.8 Å². The minimum Gasteiger partial charge on any atom is -0.480 e. The quantitative estimate of drug-likeness (QED) is 0.887. The molecule has 19 heavy (non-hydrogen) atoms. The highest BCUT2D eigenvalue weighted by Crippen LogP contribution is 2.52. The molecule has 0 spiro atoms. The second kappa shape index (κ2) is 5.87. The molecule has 1 heterocycles. The lowest BCUT2D eigenvalue weighted by atomic mass is 9.73. The van der Waals surface area contributed by atoms with Gasteiger partial charge in [-0.3, -0.25) is 4.98 Å². The van der Waals surface area contributed by atoms with Crippen molar-refractivity contribution >= 4 is 0 Å². The Morgan fingerprint density at radius 1 is 1.26 bits per heavy atom. The number of aliphatic hydroxyl groups is 1. The van der Waals surface area contributed by atoms with E-state index >= 15 is 0 Å². The van der Waals surface area contributed by atoms with E-state index in [1.165, 1.54) is 12.8 Å². The van der Waals surface area contributed by atoms with E-state index in [9.17, 15) is 5.11 Å². The van der Waals surface area contributed by atoms with Crippen LogP contribution in [0.2, 0.25) is 0 Å². The van der Waals surface area contributed by atoms with Gasteiger partial charge in [0.1, 0.15) is 11.8 Å². The topological polar surface area (TPSA) is 55.2 Å². The molecule has 1 aromatic heterocycles.